The predicted octanol–water partition coefficient (Wildman–Crippen LogP) is 2.08. The van der Waals surface area contributed by atoms with E-state index >= 15 is 0 Å². The zero-order valence-electron chi connectivity index (χ0n) is 7.17. The Bertz CT molecular complexity index is 332. The Kier molecular flexibility index (Phi) is 3.03. The maximum Gasteiger partial charge on any atom is 0.267 e. The second kappa shape index (κ2) is 4.05. The van der Waals surface area contributed by atoms with Crippen molar-refractivity contribution in [3.63, 3.8) is 0 Å². The van der Waals surface area contributed by atoms with Crippen LogP contribution in [0.1, 0.15) is 5.56 Å². The number of hydrogen-bond donors (Lipinski definition) is 1. The summed E-state index contributed by atoms with van der Waals surface area (Å²) in [7, 11) is 0. The minimum atomic E-state index is -0.432. The first kappa shape index (κ1) is 9.74. The average molecular weight is 197 g/mol. The molecule has 0 aromatic carbocycles. The Balaban J connectivity index is 2.70. The highest BCUT2D eigenvalue weighted by atomic mass is 35.5. The fourth-order valence-corrected chi connectivity index (χ4v) is 0.773. The summed E-state index contributed by atoms with van der Waals surface area (Å²) in [6.45, 7) is 5.21. The van der Waals surface area contributed by atoms with E-state index in [0.29, 0.717) is 5.82 Å². The summed E-state index contributed by atoms with van der Waals surface area (Å²) in [4.78, 5) is 15.0. The van der Waals surface area contributed by atoms with Crippen LogP contribution in [-0.2, 0) is 4.79 Å². The minimum Gasteiger partial charge on any atom is -0.306 e. The molecule has 4 heteroatoms. The fraction of sp³-hybridized carbons (Fsp3) is 0.111. The van der Waals surface area contributed by atoms with E-state index in [-0.39, 0.29) is 5.03 Å². The van der Waals surface area contributed by atoms with Gasteiger partial charge < -0.3 is 5.32 Å². The van der Waals surface area contributed by atoms with Crippen molar-refractivity contribution in [3.8, 4) is 0 Å². The monoisotopic (exact) mass is 196 g/mol. The normalized spacial score (nSPS) is 9.38. The largest absolute Gasteiger partial charge is 0.306 e. The summed E-state index contributed by atoms with van der Waals surface area (Å²) in [5.41, 5.74) is 1.03. The molecule has 0 fully saturated rings. The van der Waals surface area contributed by atoms with Gasteiger partial charge in [-0.15, -0.1) is 0 Å². The molecular weight excluding hydrogens is 188 g/mol. The summed E-state index contributed by atoms with van der Waals surface area (Å²) >= 11 is 5.38. The summed E-state index contributed by atoms with van der Waals surface area (Å²) in [6, 6.07) is 3.55. The third-order valence-electron chi connectivity index (χ3n) is 1.40. The average Bonchev–Trinajstić information content (AvgIpc) is 2.08. The highest BCUT2D eigenvalue weighted by Gasteiger charge is 2.03. The SMILES string of the molecule is C=C(Cl)C(=O)Nc1ccc(C)cn1. The van der Waals surface area contributed by atoms with Crippen LogP contribution in [0.4, 0.5) is 5.82 Å². The standard InChI is InChI=1S/C9H9ClN2O/c1-6-3-4-8(11-5-6)12-9(13)7(2)10/h3-5H,2H2,1H3,(H,11,12,13). The molecule has 1 rings (SSSR count). The Morgan fingerprint density at radius 1 is 1.62 bits per heavy atom. The van der Waals surface area contributed by atoms with Gasteiger partial charge >= 0.3 is 0 Å². The van der Waals surface area contributed by atoms with Crippen molar-refractivity contribution in [1.82, 2.24) is 4.98 Å². The van der Waals surface area contributed by atoms with E-state index in [1.165, 1.54) is 0 Å². The van der Waals surface area contributed by atoms with Crippen molar-refractivity contribution < 1.29 is 4.79 Å². The molecule has 3 nitrogen and oxygen atoms in total. The van der Waals surface area contributed by atoms with Crippen LogP contribution >= 0.6 is 11.6 Å². The highest BCUT2D eigenvalue weighted by Crippen LogP contribution is 2.06. The van der Waals surface area contributed by atoms with Crippen molar-refractivity contribution >= 4 is 23.3 Å². The van der Waals surface area contributed by atoms with Crippen molar-refractivity contribution in [2.45, 2.75) is 6.92 Å². The number of nitrogens with one attached hydrogen (secondary N) is 1. The van der Waals surface area contributed by atoms with Gasteiger partial charge in [-0.25, -0.2) is 4.98 Å². The molecule has 1 amide bonds. The van der Waals surface area contributed by atoms with Crippen molar-refractivity contribution in [2.75, 3.05) is 5.32 Å². The summed E-state index contributed by atoms with van der Waals surface area (Å²) in [5.74, 6) is 0.0374. The van der Waals surface area contributed by atoms with Gasteiger partial charge in [-0.2, -0.15) is 0 Å². The Morgan fingerprint density at radius 3 is 2.77 bits per heavy atom. The molecule has 68 valence electrons. The van der Waals surface area contributed by atoms with Crippen molar-refractivity contribution in [1.29, 1.82) is 0 Å². The molecule has 13 heavy (non-hydrogen) atoms. The van der Waals surface area contributed by atoms with E-state index in [2.05, 4.69) is 16.9 Å². The van der Waals surface area contributed by atoms with Gasteiger partial charge in [0.15, 0.2) is 0 Å². The molecule has 1 aromatic rings. The Morgan fingerprint density at radius 2 is 2.31 bits per heavy atom. The zero-order valence-corrected chi connectivity index (χ0v) is 7.93. The molecule has 1 N–H and O–H groups in total. The second-order valence-electron chi connectivity index (χ2n) is 2.58. The lowest BCUT2D eigenvalue weighted by Gasteiger charge is -2.01. The van der Waals surface area contributed by atoms with Crippen LogP contribution < -0.4 is 5.32 Å². The fourth-order valence-electron chi connectivity index (χ4n) is 0.726. The lowest BCUT2D eigenvalue weighted by atomic mass is 10.3. The first-order valence-corrected chi connectivity index (χ1v) is 4.06. The first-order chi connectivity index (χ1) is 6.09. The molecule has 0 saturated heterocycles. The lowest BCUT2D eigenvalue weighted by Crippen LogP contribution is -2.11. The zero-order chi connectivity index (χ0) is 9.84. The number of pyridine rings is 1. The number of aromatic nitrogens is 1. The van der Waals surface area contributed by atoms with Crippen LogP contribution in [0.5, 0.6) is 0 Å². The van der Waals surface area contributed by atoms with E-state index in [0.717, 1.165) is 5.56 Å². The summed E-state index contributed by atoms with van der Waals surface area (Å²) < 4.78 is 0. The number of amides is 1. The van der Waals surface area contributed by atoms with E-state index in [1.807, 2.05) is 13.0 Å². The van der Waals surface area contributed by atoms with Gasteiger partial charge in [-0.1, -0.05) is 24.2 Å². The van der Waals surface area contributed by atoms with E-state index in [4.69, 9.17) is 11.6 Å². The number of aryl methyl sites for hydroxylation is 1. The smallest absolute Gasteiger partial charge is 0.267 e. The second-order valence-corrected chi connectivity index (χ2v) is 3.04. The highest BCUT2D eigenvalue weighted by molar-refractivity contribution is 6.43. The summed E-state index contributed by atoms with van der Waals surface area (Å²) in [6.07, 6.45) is 1.66. The summed E-state index contributed by atoms with van der Waals surface area (Å²) in [5, 5.41) is 2.43. The number of rotatable bonds is 2. The van der Waals surface area contributed by atoms with Crippen LogP contribution in [0.3, 0.4) is 0 Å². The van der Waals surface area contributed by atoms with Crippen molar-refractivity contribution in [3.05, 3.63) is 35.5 Å². The Labute approximate surface area is 81.4 Å². The number of anilines is 1. The lowest BCUT2D eigenvalue weighted by molar-refractivity contribution is -0.112. The van der Waals surface area contributed by atoms with E-state index < -0.39 is 5.91 Å². The van der Waals surface area contributed by atoms with Gasteiger partial charge in [-0.3, -0.25) is 4.79 Å². The maximum absolute atomic E-state index is 11.0. The first-order valence-electron chi connectivity index (χ1n) is 3.68. The predicted molar refractivity (Wildman–Crippen MR) is 52.6 cm³/mol. The maximum atomic E-state index is 11.0. The number of hydrogen-bond acceptors (Lipinski definition) is 2. The molecule has 1 aromatic heterocycles. The number of carbonyl (C=O) groups excluding carboxylic acids is 1. The van der Waals surface area contributed by atoms with Gasteiger partial charge in [0, 0.05) is 6.20 Å². The van der Waals surface area contributed by atoms with Crippen molar-refractivity contribution in [2.24, 2.45) is 0 Å². The van der Waals surface area contributed by atoms with Gasteiger partial charge in [0.05, 0.1) is 5.03 Å². The molecular formula is C9H9ClN2O. The Hall–Kier alpha value is -1.35. The van der Waals surface area contributed by atoms with Crippen LogP contribution in [0.25, 0.3) is 0 Å². The van der Waals surface area contributed by atoms with Crippen LogP contribution in [0.2, 0.25) is 0 Å². The molecule has 0 unspecified atom stereocenters. The number of halogens is 1. The van der Waals surface area contributed by atoms with Gasteiger partial charge in [-0.05, 0) is 18.6 Å². The molecule has 0 aliphatic heterocycles. The quantitative estimate of drug-likeness (QED) is 0.736. The number of nitrogens with zero attached hydrogens (tertiary/aromatic N) is 1. The van der Waals surface area contributed by atoms with Gasteiger partial charge in [0.1, 0.15) is 5.82 Å². The molecule has 0 spiro atoms. The van der Waals surface area contributed by atoms with E-state index in [1.54, 1.807) is 12.3 Å². The van der Waals surface area contributed by atoms with Gasteiger partial charge in [0.25, 0.3) is 5.91 Å². The van der Waals surface area contributed by atoms with Crippen LogP contribution in [0.15, 0.2) is 29.9 Å². The topological polar surface area (TPSA) is 42.0 Å². The molecule has 1 heterocycles. The van der Waals surface area contributed by atoms with Crippen LogP contribution in [0, 0.1) is 6.92 Å². The molecule has 0 aliphatic rings. The van der Waals surface area contributed by atoms with Crippen LogP contribution in [-0.4, -0.2) is 10.9 Å². The molecule has 0 radical (unpaired) electrons. The molecule has 0 saturated carbocycles. The molecule has 0 atom stereocenters. The minimum absolute atomic E-state index is 0.0534. The molecule has 0 aliphatic carbocycles. The van der Waals surface area contributed by atoms with E-state index in [9.17, 15) is 4.79 Å². The third kappa shape index (κ3) is 2.87. The molecule has 0 bridgehead atoms. The van der Waals surface area contributed by atoms with Gasteiger partial charge in [0.2, 0.25) is 0 Å². The number of carbonyl (C=O) groups is 1. The third-order valence-corrected chi connectivity index (χ3v) is 1.57.